The first-order valence-corrected chi connectivity index (χ1v) is 6.28. The second-order valence-electron chi connectivity index (χ2n) is 4.61. The lowest BCUT2D eigenvalue weighted by atomic mass is 10.2. The molecule has 0 aliphatic rings. The third kappa shape index (κ3) is 3.84. The molecule has 0 saturated carbocycles. The summed E-state index contributed by atoms with van der Waals surface area (Å²) in [5.41, 5.74) is 1.79. The van der Waals surface area contributed by atoms with Crippen molar-refractivity contribution in [2.75, 3.05) is 10.6 Å². The van der Waals surface area contributed by atoms with E-state index in [1.54, 1.807) is 12.4 Å². The summed E-state index contributed by atoms with van der Waals surface area (Å²) in [6.07, 6.45) is 3.52. The molecule has 0 bridgehead atoms. The zero-order valence-corrected chi connectivity index (χ0v) is 11.1. The predicted octanol–water partition coefficient (Wildman–Crippen LogP) is 2.62. The minimum Gasteiger partial charge on any atom is -0.378 e. The standard InChI is InChI=1S/C14H18N4O/c1-10(2)14(19)18-12-5-3-11(4-6-12)17-9-13-15-7-8-16-13/h3-8,10,17H,9H2,1-2H3,(H,15,16)(H,18,19). The van der Waals surface area contributed by atoms with Crippen molar-refractivity contribution in [1.29, 1.82) is 0 Å². The molecule has 100 valence electrons. The van der Waals surface area contributed by atoms with Gasteiger partial charge in [-0.2, -0.15) is 0 Å². The Bertz CT molecular complexity index is 517. The van der Waals surface area contributed by atoms with Crippen molar-refractivity contribution >= 4 is 17.3 Å². The molecule has 2 aromatic rings. The summed E-state index contributed by atoms with van der Waals surface area (Å²) < 4.78 is 0. The van der Waals surface area contributed by atoms with Gasteiger partial charge in [0.25, 0.3) is 0 Å². The van der Waals surface area contributed by atoms with E-state index >= 15 is 0 Å². The van der Waals surface area contributed by atoms with Crippen LogP contribution in [0.15, 0.2) is 36.7 Å². The summed E-state index contributed by atoms with van der Waals surface area (Å²) in [6, 6.07) is 7.62. The largest absolute Gasteiger partial charge is 0.378 e. The lowest BCUT2D eigenvalue weighted by Crippen LogP contribution is -2.17. The van der Waals surface area contributed by atoms with Crippen LogP contribution in [0.3, 0.4) is 0 Å². The van der Waals surface area contributed by atoms with Crippen molar-refractivity contribution in [2.24, 2.45) is 5.92 Å². The Kier molecular flexibility index (Phi) is 4.18. The smallest absolute Gasteiger partial charge is 0.226 e. The van der Waals surface area contributed by atoms with Crippen molar-refractivity contribution in [3.63, 3.8) is 0 Å². The number of carbonyl (C=O) groups is 1. The molecular weight excluding hydrogens is 240 g/mol. The summed E-state index contributed by atoms with van der Waals surface area (Å²) >= 11 is 0. The minimum atomic E-state index is -0.0169. The van der Waals surface area contributed by atoms with Crippen LogP contribution in [0.2, 0.25) is 0 Å². The summed E-state index contributed by atoms with van der Waals surface area (Å²) in [5.74, 6) is 0.894. The number of nitrogens with zero attached hydrogens (tertiary/aromatic N) is 1. The third-order valence-electron chi connectivity index (χ3n) is 2.69. The SMILES string of the molecule is CC(C)C(=O)Nc1ccc(NCc2ncc[nH]2)cc1. The molecule has 0 radical (unpaired) electrons. The monoisotopic (exact) mass is 258 g/mol. The molecular formula is C14H18N4O. The number of H-pyrrole nitrogens is 1. The van der Waals surface area contributed by atoms with E-state index in [-0.39, 0.29) is 11.8 Å². The summed E-state index contributed by atoms with van der Waals surface area (Å²) in [5, 5.41) is 6.10. The fourth-order valence-electron chi connectivity index (χ4n) is 1.54. The van der Waals surface area contributed by atoms with Crippen LogP contribution in [-0.2, 0) is 11.3 Å². The molecule has 1 amide bonds. The molecule has 2 rings (SSSR count). The molecule has 3 N–H and O–H groups in total. The highest BCUT2D eigenvalue weighted by Gasteiger charge is 2.06. The molecule has 0 unspecified atom stereocenters. The van der Waals surface area contributed by atoms with E-state index in [1.807, 2.05) is 38.1 Å². The van der Waals surface area contributed by atoms with E-state index in [0.29, 0.717) is 6.54 Å². The second kappa shape index (κ2) is 6.04. The number of aromatic nitrogens is 2. The molecule has 0 atom stereocenters. The number of carbonyl (C=O) groups excluding carboxylic acids is 1. The second-order valence-corrected chi connectivity index (χ2v) is 4.61. The molecule has 0 aliphatic carbocycles. The van der Waals surface area contributed by atoms with E-state index in [2.05, 4.69) is 20.6 Å². The highest BCUT2D eigenvalue weighted by Crippen LogP contribution is 2.14. The first-order valence-electron chi connectivity index (χ1n) is 6.28. The van der Waals surface area contributed by atoms with E-state index in [1.165, 1.54) is 0 Å². The number of hydrogen-bond acceptors (Lipinski definition) is 3. The van der Waals surface area contributed by atoms with Gasteiger partial charge >= 0.3 is 0 Å². The molecule has 1 heterocycles. The van der Waals surface area contributed by atoms with Gasteiger partial charge in [-0.1, -0.05) is 13.8 Å². The zero-order chi connectivity index (χ0) is 13.7. The van der Waals surface area contributed by atoms with E-state index < -0.39 is 0 Å². The number of imidazole rings is 1. The topological polar surface area (TPSA) is 69.8 Å². The van der Waals surface area contributed by atoms with Crippen LogP contribution in [0.5, 0.6) is 0 Å². The Labute approximate surface area is 112 Å². The van der Waals surface area contributed by atoms with Crippen LogP contribution >= 0.6 is 0 Å². The Morgan fingerprint density at radius 2 is 1.95 bits per heavy atom. The maximum Gasteiger partial charge on any atom is 0.226 e. The van der Waals surface area contributed by atoms with Gasteiger partial charge in [-0.05, 0) is 24.3 Å². The van der Waals surface area contributed by atoms with E-state index in [4.69, 9.17) is 0 Å². The number of rotatable bonds is 5. The fraction of sp³-hybridized carbons (Fsp3) is 0.286. The van der Waals surface area contributed by atoms with Crippen LogP contribution in [-0.4, -0.2) is 15.9 Å². The van der Waals surface area contributed by atoms with Gasteiger partial charge in [-0.25, -0.2) is 4.98 Å². The lowest BCUT2D eigenvalue weighted by molar-refractivity contribution is -0.118. The highest BCUT2D eigenvalue weighted by molar-refractivity contribution is 5.92. The summed E-state index contributed by atoms with van der Waals surface area (Å²) in [6.45, 7) is 4.38. The average molecular weight is 258 g/mol. The predicted molar refractivity (Wildman–Crippen MR) is 75.8 cm³/mol. The van der Waals surface area contributed by atoms with Crippen LogP contribution in [0.25, 0.3) is 0 Å². The van der Waals surface area contributed by atoms with Crippen LogP contribution in [0.4, 0.5) is 11.4 Å². The molecule has 1 aromatic heterocycles. The molecule has 0 saturated heterocycles. The van der Waals surface area contributed by atoms with Gasteiger partial charge in [0, 0.05) is 29.7 Å². The van der Waals surface area contributed by atoms with Gasteiger partial charge in [0.1, 0.15) is 5.82 Å². The average Bonchev–Trinajstić information content (AvgIpc) is 2.91. The number of anilines is 2. The number of nitrogens with one attached hydrogen (secondary N) is 3. The third-order valence-corrected chi connectivity index (χ3v) is 2.69. The Hall–Kier alpha value is -2.30. The molecule has 19 heavy (non-hydrogen) atoms. The minimum absolute atomic E-state index is 0.0169. The van der Waals surface area contributed by atoms with Crippen LogP contribution < -0.4 is 10.6 Å². The number of amides is 1. The Morgan fingerprint density at radius 3 is 2.53 bits per heavy atom. The first-order chi connectivity index (χ1) is 9.15. The molecule has 0 aliphatic heterocycles. The first kappa shape index (κ1) is 13.1. The number of hydrogen-bond donors (Lipinski definition) is 3. The van der Waals surface area contributed by atoms with Crippen molar-refractivity contribution in [3.05, 3.63) is 42.5 Å². The van der Waals surface area contributed by atoms with Crippen LogP contribution in [0.1, 0.15) is 19.7 Å². The van der Waals surface area contributed by atoms with Gasteiger partial charge in [-0.15, -0.1) is 0 Å². The van der Waals surface area contributed by atoms with Gasteiger partial charge in [0.05, 0.1) is 6.54 Å². The van der Waals surface area contributed by atoms with E-state index in [9.17, 15) is 4.79 Å². The molecule has 0 fully saturated rings. The van der Waals surface area contributed by atoms with Crippen molar-refractivity contribution in [2.45, 2.75) is 20.4 Å². The number of benzene rings is 1. The molecule has 0 spiro atoms. The lowest BCUT2D eigenvalue weighted by Gasteiger charge is -2.09. The van der Waals surface area contributed by atoms with Crippen molar-refractivity contribution in [3.8, 4) is 0 Å². The normalized spacial score (nSPS) is 10.5. The number of aromatic amines is 1. The Balaban J connectivity index is 1.89. The van der Waals surface area contributed by atoms with Gasteiger partial charge in [-0.3, -0.25) is 4.79 Å². The highest BCUT2D eigenvalue weighted by atomic mass is 16.1. The fourth-order valence-corrected chi connectivity index (χ4v) is 1.54. The van der Waals surface area contributed by atoms with Crippen molar-refractivity contribution < 1.29 is 4.79 Å². The van der Waals surface area contributed by atoms with Crippen molar-refractivity contribution in [1.82, 2.24) is 9.97 Å². The van der Waals surface area contributed by atoms with Crippen LogP contribution in [0, 0.1) is 5.92 Å². The van der Waals surface area contributed by atoms with E-state index in [0.717, 1.165) is 17.2 Å². The summed E-state index contributed by atoms with van der Waals surface area (Å²) in [4.78, 5) is 18.7. The van der Waals surface area contributed by atoms with Gasteiger partial charge < -0.3 is 15.6 Å². The zero-order valence-electron chi connectivity index (χ0n) is 11.1. The van der Waals surface area contributed by atoms with Gasteiger partial charge in [0.2, 0.25) is 5.91 Å². The summed E-state index contributed by atoms with van der Waals surface area (Å²) in [7, 11) is 0. The maximum absolute atomic E-state index is 11.5. The quantitative estimate of drug-likeness (QED) is 0.772. The molecule has 5 nitrogen and oxygen atoms in total. The Morgan fingerprint density at radius 1 is 1.26 bits per heavy atom. The molecule has 1 aromatic carbocycles. The van der Waals surface area contributed by atoms with Gasteiger partial charge in [0.15, 0.2) is 0 Å². The maximum atomic E-state index is 11.5. The molecule has 5 heteroatoms.